The zero-order valence-electron chi connectivity index (χ0n) is 13.3. The highest BCUT2D eigenvalue weighted by molar-refractivity contribution is 5.49. The Balaban J connectivity index is 1.73. The van der Waals surface area contributed by atoms with Crippen molar-refractivity contribution >= 4 is 5.69 Å². The van der Waals surface area contributed by atoms with Gasteiger partial charge in [0, 0.05) is 18.4 Å². The highest BCUT2D eigenvalue weighted by atomic mass is 16.5. The van der Waals surface area contributed by atoms with E-state index in [4.69, 9.17) is 15.2 Å². The van der Waals surface area contributed by atoms with Crippen molar-refractivity contribution in [1.82, 2.24) is 10.9 Å². The minimum atomic E-state index is 0.179. The molecule has 0 saturated carbocycles. The van der Waals surface area contributed by atoms with E-state index in [9.17, 15) is 0 Å². The number of hydrogen-bond acceptors (Lipinski definition) is 5. The Labute approximate surface area is 136 Å². The zero-order valence-corrected chi connectivity index (χ0v) is 13.3. The van der Waals surface area contributed by atoms with Gasteiger partial charge in [-0.25, -0.2) is 10.9 Å². The predicted molar refractivity (Wildman–Crippen MR) is 91.0 cm³/mol. The Kier molecular flexibility index (Phi) is 5.12. The molecule has 0 aromatic heterocycles. The molecule has 5 heteroatoms. The number of hydrazine groups is 1. The first kappa shape index (κ1) is 15.8. The minimum absolute atomic E-state index is 0.179. The van der Waals surface area contributed by atoms with E-state index in [2.05, 4.69) is 23.0 Å². The molecule has 1 aliphatic heterocycles. The molecular weight excluding hydrogens is 290 g/mol. The van der Waals surface area contributed by atoms with Crippen LogP contribution in [-0.4, -0.2) is 20.3 Å². The molecule has 0 aliphatic carbocycles. The van der Waals surface area contributed by atoms with Gasteiger partial charge in [0.05, 0.1) is 18.7 Å². The third kappa shape index (κ3) is 3.64. The molecule has 2 unspecified atom stereocenters. The zero-order chi connectivity index (χ0) is 16.1. The summed E-state index contributed by atoms with van der Waals surface area (Å²) in [5.74, 6) is 0.894. The number of methoxy groups -OCH3 is 1. The molecule has 5 nitrogen and oxygen atoms in total. The number of anilines is 1. The number of nitrogens with two attached hydrogens (primary N) is 1. The van der Waals surface area contributed by atoms with Crippen LogP contribution in [0, 0.1) is 0 Å². The van der Waals surface area contributed by atoms with Crippen LogP contribution in [0.2, 0.25) is 0 Å². The van der Waals surface area contributed by atoms with E-state index >= 15 is 0 Å². The second-order valence-electron chi connectivity index (χ2n) is 5.64. The van der Waals surface area contributed by atoms with Crippen LogP contribution in [0.1, 0.15) is 29.6 Å². The van der Waals surface area contributed by atoms with Crippen molar-refractivity contribution in [2.75, 3.05) is 26.1 Å². The van der Waals surface area contributed by atoms with Gasteiger partial charge in [-0.15, -0.1) is 0 Å². The van der Waals surface area contributed by atoms with Crippen molar-refractivity contribution in [2.45, 2.75) is 18.5 Å². The van der Waals surface area contributed by atoms with E-state index in [0.717, 1.165) is 29.0 Å². The van der Waals surface area contributed by atoms with Crippen molar-refractivity contribution in [3.63, 3.8) is 0 Å². The summed E-state index contributed by atoms with van der Waals surface area (Å²) < 4.78 is 10.9. The molecule has 2 aromatic carbocycles. The highest BCUT2D eigenvalue weighted by Gasteiger charge is 2.28. The van der Waals surface area contributed by atoms with Crippen LogP contribution < -0.4 is 21.3 Å². The maximum atomic E-state index is 6.09. The number of rotatable bonds is 6. The molecule has 1 fully saturated rings. The van der Waals surface area contributed by atoms with Crippen LogP contribution in [0.4, 0.5) is 5.69 Å². The summed E-state index contributed by atoms with van der Waals surface area (Å²) in [5, 5.41) is 0. The number of nitrogens with one attached hydrogen (secondary N) is 2. The first-order chi connectivity index (χ1) is 11.3. The number of hydrogen-bond donors (Lipinski definition) is 3. The van der Waals surface area contributed by atoms with E-state index in [1.165, 1.54) is 0 Å². The molecule has 0 amide bonds. The van der Waals surface area contributed by atoms with Gasteiger partial charge in [-0.2, -0.15) is 0 Å². The van der Waals surface area contributed by atoms with Gasteiger partial charge in [0.15, 0.2) is 0 Å². The van der Waals surface area contributed by atoms with Gasteiger partial charge in [0.25, 0.3) is 0 Å². The van der Waals surface area contributed by atoms with Gasteiger partial charge < -0.3 is 15.2 Å². The van der Waals surface area contributed by atoms with Crippen LogP contribution in [-0.2, 0) is 4.74 Å². The van der Waals surface area contributed by atoms with Crippen molar-refractivity contribution in [2.24, 2.45) is 0 Å². The van der Waals surface area contributed by atoms with Crippen molar-refractivity contribution in [3.8, 4) is 5.75 Å². The van der Waals surface area contributed by atoms with Crippen LogP contribution in [0.25, 0.3) is 0 Å². The molecule has 1 saturated heterocycles. The molecule has 1 heterocycles. The maximum Gasteiger partial charge on any atom is 0.124 e. The van der Waals surface area contributed by atoms with Crippen LogP contribution in [0.3, 0.4) is 0 Å². The smallest absolute Gasteiger partial charge is 0.124 e. The number of benzene rings is 2. The maximum absolute atomic E-state index is 6.09. The van der Waals surface area contributed by atoms with E-state index in [0.29, 0.717) is 13.2 Å². The molecular formula is C18H23N3O2. The lowest BCUT2D eigenvalue weighted by Crippen LogP contribution is -2.27. The van der Waals surface area contributed by atoms with Gasteiger partial charge in [0.2, 0.25) is 0 Å². The molecule has 122 valence electrons. The van der Waals surface area contributed by atoms with Gasteiger partial charge >= 0.3 is 0 Å². The molecule has 2 aromatic rings. The van der Waals surface area contributed by atoms with Gasteiger partial charge in [0.1, 0.15) is 12.4 Å². The second kappa shape index (κ2) is 7.46. The normalized spacial score (nSPS) is 20.6. The Bertz CT molecular complexity index is 648. The number of nitrogen functional groups attached to an aromatic ring is 1. The minimum Gasteiger partial charge on any atom is -0.491 e. The fourth-order valence-electron chi connectivity index (χ4n) is 2.93. The van der Waals surface area contributed by atoms with E-state index in [1.807, 2.05) is 36.4 Å². The van der Waals surface area contributed by atoms with Crippen molar-refractivity contribution in [3.05, 3.63) is 59.7 Å². The van der Waals surface area contributed by atoms with Gasteiger partial charge in [-0.3, -0.25) is 0 Å². The summed E-state index contributed by atoms with van der Waals surface area (Å²) >= 11 is 0. The lowest BCUT2D eigenvalue weighted by molar-refractivity contribution is 0.145. The summed E-state index contributed by atoms with van der Waals surface area (Å²) in [7, 11) is 1.67. The highest BCUT2D eigenvalue weighted by Crippen LogP contribution is 2.36. The van der Waals surface area contributed by atoms with Crippen LogP contribution in [0.15, 0.2) is 48.5 Å². The first-order valence-electron chi connectivity index (χ1n) is 7.85. The van der Waals surface area contributed by atoms with E-state index in [1.54, 1.807) is 7.11 Å². The molecule has 1 aliphatic rings. The van der Waals surface area contributed by atoms with Gasteiger partial charge in [-0.05, 0) is 24.1 Å². The Hall–Kier alpha value is -2.08. The Morgan fingerprint density at radius 3 is 2.35 bits per heavy atom. The second-order valence-corrected chi connectivity index (χ2v) is 5.64. The van der Waals surface area contributed by atoms with E-state index < -0.39 is 0 Å². The quantitative estimate of drug-likeness (QED) is 0.565. The molecule has 0 spiro atoms. The SMILES string of the molecule is COCCOc1ccccc1C1CC(c2ccccc2N)NN1. The lowest BCUT2D eigenvalue weighted by atomic mass is 9.96. The molecule has 23 heavy (non-hydrogen) atoms. The molecule has 0 radical (unpaired) electrons. The number of ether oxygens (including phenoxy) is 2. The summed E-state index contributed by atoms with van der Waals surface area (Å²) in [6, 6.07) is 16.5. The molecule has 4 N–H and O–H groups in total. The summed E-state index contributed by atoms with van der Waals surface area (Å²) in [5.41, 5.74) is 15.9. The molecule has 3 rings (SSSR count). The fourth-order valence-corrected chi connectivity index (χ4v) is 2.93. The third-order valence-corrected chi connectivity index (χ3v) is 4.11. The summed E-state index contributed by atoms with van der Waals surface area (Å²) in [6.45, 7) is 1.12. The molecule has 2 atom stereocenters. The predicted octanol–water partition coefficient (Wildman–Crippen LogP) is 2.57. The van der Waals surface area contributed by atoms with Crippen molar-refractivity contribution in [1.29, 1.82) is 0 Å². The average molecular weight is 313 g/mol. The monoisotopic (exact) mass is 313 g/mol. The first-order valence-corrected chi connectivity index (χ1v) is 7.85. The average Bonchev–Trinajstić information content (AvgIpc) is 3.05. The van der Waals surface area contributed by atoms with Crippen LogP contribution >= 0.6 is 0 Å². The summed E-state index contributed by atoms with van der Waals surface area (Å²) in [6.07, 6.45) is 0.916. The Morgan fingerprint density at radius 2 is 1.61 bits per heavy atom. The number of para-hydroxylation sites is 2. The largest absolute Gasteiger partial charge is 0.491 e. The van der Waals surface area contributed by atoms with E-state index in [-0.39, 0.29) is 12.1 Å². The topological polar surface area (TPSA) is 68.5 Å². The van der Waals surface area contributed by atoms with Crippen LogP contribution in [0.5, 0.6) is 5.75 Å². The molecule has 0 bridgehead atoms. The third-order valence-electron chi connectivity index (χ3n) is 4.11. The van der Waals surface area contributed by atoms with Crippen molar-refractivity contribution < 1.29 is 9.47 Å². The standard InChI is InChI=1S/C18H23N3O2/c1-22-10-11-23-18-9-5-3-7-14(18)17-12-16(20-21-17)13-6-2-4-8-15(13)19/h2-9,16-17,20-21H,10-12,19H2,1H3. The summed E-state index contributed by atoms with van der Waals surface area (Å²) in [4.78, 5) is 0. The lowest BCUT2D eigenvalue weighted by Gasteiger charge is -2.16. The Morgan fingerprint density at radius 1 is 0.957 bits per heavy atom. The fraction of sp³-hybridized carbons (Fsp3) is 0.333. The van der Waals surface area contributed by atoms with Gasteiger partial charge in [-0.1, -0.05) is 36.4 Å².